The maximum Gasteiger partial charge on any atom is 0.344 e. The molecular weight excluding hydrogens is 308 g/mol. The van der Waals surface area contributed by atoms with E-state index in [2.05, 4.69) is 10.5 Å². The van der Waals surface area contributed by atoms with Gasteiger partial charge >= 0.3 is 5.97 Å². The predicted octanol–water partition coefficient (Wildman–Crippen LogP) is 2.99. The van der Waals surface area contributed by atoms with Crippen LogP contribution in [0.3, 0.4) is 0 Å². The summed E-state index contributed by atoms with van der Waals surface area (Å²) in [7, 11) is 0. The molecule has 1 amide bonds. The van der Waals surface area contributed by atoms with Crippen LogP contribution in [0, 0.1) is 6.92 Å². The van der Waals surface area contributed by atoms with Gasteiger partial charge < -0.3 is 14.6 Å². The first-order valence-electron chi connectivity index (χ1n) is 6.69. The van der Waals surface area contributed by atoms with Gasteiger partial charge in [-0.2, -0.15) is 0 Å². The number of aryl methyl sites for hydroxylation is 2. The molecule has 7 heteroatoms. The molecule has 0 aliphatic heterocycles. The Kier molecular flexibility index (Phi) is 5.16. The zero-order valence-corrected chi connectivity index (χ0v) is 12.9. The number of nitrogens with one attached hydrogen (secondary N) is 1. The zero-order chi connectivity index (χ0) is 16.1. The number of aromatic nitrogens is 1. The topological polar surface area (TPSA) is 81.4 Å². The molecule has 0 radical (unpaired) electrons. The monoisotopic (exact) mass is 322 g/mol. The molecule has 0 aliphatic rings. The second kappa shape index (κ2) is 7.09. The number of anilines is 1. The summed E-state index contributed by atoms with van der Waals surface area (Å²) < 4.78 is 9.95. The van der Waals surface area contributed by atoms with Crippen LogP contribution in [0.25, 0.3) is 0 Å². The Balaban J connectivity index is 1.93. The van der Waals surface area contributed by atoms with E-state index in [4.69, 9.17) is 20.9 Å². The molecule has 0 atom stereocenters. The quantitative estimate of drug-likeness (QED) is 0.856. The summed E-state index contributed by atoms with van der Waals surface area (Å²) >= 11 is 5.82. The maximum atomic E-state index is 12.0. The predicted molar refractivity (Wildman–Crippen MR) is 81.0 cm³/mol. The van der Waals surface area contributed by atoms with E-state index in [1.165, 1.54) is 0 Å². The van der Waals surface area contributed by atoms with Crippen LogP contribution >= 0.6 is 11.6 Å². The number of rotatable bonds is 5. The highest BCUT2D eigenvalue weighted by molar-refractivity contribution is 6.30. The molecular formula is C15H15ClN2O4. The number of halogens is 1. The van der Waals surface area contributed by atoms with Gasteiger partial charge in [0.1, 0.15) is 11.3 Å². The van der Waals surface area contributed by atoms with Gasteiger partial charge in [-0.05, 0) is 31.5 Å². The first-order chi connectivity index (χ1) is 10.5. The number of carbonyl (C=O) groups excluding carboxylic acids is 2. The molecule has 1 N–H and O–H groups in total. The number of hydrogen-bond donors (Lipinski definition) is 1. The van der Waals surface area contributed by atoms with Gasteiger partial charge in [0, 0.05) is 10.7 Å². The fourth-order valence-corrected chi connectivity index (χ4v) is 2.08. The number of amides is 1. The Hall–Kier alpha value is -2.34. The van der Waals surface area contributed by atoms with Gasteiger partial charge in [0.25, 0.3) is 5.91 Å². The summed E-state index contributed by atoms with van der Waals surface area (Å²) in [5.74, 6) is -0.711. The van der Waals surface area contributed by atoms with Crippen LogP contribution in [-0.2, 0) is 16.0 Å². The molecule has 0 bridgehead atoms. The molecule has 1 aromatic heterocycles. The van der Waals surface area contributed by atoms with E-state index < -0.39 is 18.5 Å². The van der Waals surface area contributed by atoms with Crippen LogP contribution in [0.2, 0.25) is 5.02 Å². The lowest BCUT2D eigenvalue weighted by Crippen LogP contribution is -2.21. The fourth-order valence-electron chi connectivity index (χ4n) is 1.89. The number of hydrogen-bond acceptors (Lipinski definition) is 5. The SMILES string of the molecule is CCc1noc(C)c1C(=O)OCC(=O)Nc1cccc(Cl)c1. The van der Waals surface area contributed by atoms with E-state index >= 15 is 0 Å². The lowest BCUT2D eigenvalue weighted by atomic mass is 10.1. The third kappa shape index (κ3) is 3.85. The Bertz CT molecular complexity index is 697. The Labute approximate surface area is 132 Å². The smallest absolute Gasteiger partial charge is 0.344 e. The first-order valence-corrected chi connectivity index (χ1v) is 7.06. The largest absolute Gasteiger partial charge is 0.452 e. The molecule has 0 fully saturated rings. The highest BCUT2D eigenvalue weighted by atomic mass is 35.5. The van der Waals surface area contributed by atoms with Crippen molar-refractivity contribution in [3.8, 4) is 0 Å². The van der Waals surface area contributed by atoms with Crippen molar-refractivity contribution in [2.45, 2.75) is 20.3 Å². The molecule has 1 heterocycles. The molecule has 0 aliphatic carbocycles. The van der Waals surface area contributed by atoms with Crippen molar-refractivity contribution in [1.29, 1.82) is 0 Å². The van der Waals surface area contributed by atoms with Crippen LogP contribution in [-0.4, -0.2) is 23.6 Å². The van der Waals surface area contributed by atoms with Crippen LogP contribution in [0.5, 0.6) is 0 Å². The second-order valence-corrected chi connectivity index (χ2v) is 4.99. The fraction of sp³-hybridized carbons (Fsp3) is 0.267. The highest BCUT2D eigenvalue weighted by Crippen LogP contribution is 2.16. The van der Waals surface area contributed by atoms with Gasteiger partial charge in [-0.3, -0.25) is 4.79 Å². The van der Waals surface area contributed by atoms with Gasteiger partial charge in [0.15, 0.2) is 6.61 Å². The molecule has 116 valence electrons. The van der Waals surface area contributed by atoms with E-state index in [-0.39, 0.29) is 5.56 Å². The van der Waals surface area contributed by atoms with Crippen LogP contribution in [0.1, 0.15) is 28.7 Å². The van der Waals surface area contributed by atoms with Gasteiger partial charge in [0.2, 0.25) is 0 Å². The van der Waals surface area contributed by atoms with E-state index in [0.29, 0.717) is 28.6 Å². The summed E-state index contributed by atoms with van der Waals surface area (Å²) in [5, 5.41) is 6.86. The van der Waals surface area contributed by atoms with Crippen LogP contribution < -0.4 is 5.32 Å². The summed E-state index contributed by atoms with van der Waals surface area (Å²) in [6.45, 7) is 3.06. The van der Waals surface area contributed by atoms with Crippen molar-refractivity contribution in [3.63, 3.8) is 0 Å². The molecule has 2 rings (SSSR count). The first kappa shape index (κ1) is 16.0. The minimum atomic E-state index is -0.628. The van der Waals surface area contributed by atoms with E-state index in [1.807, 2.05) is 6.92 Å². The number of benzene rings is 1. The third-order valence-corrected chi connectivity index (χ3v) is 3.15. The summed E-state index contributed by atoms with van der Waals surface area (Å²) in [5.41, 5.74) is 1.32. The normalized spacial score (nSPS) is 10.3. The van der Waals surface area contributed by atoms with Gasteiger partial charge in [-0.25, -0.2) is 4.79 Å². The molecule has 6 nitrogen and oxygen atoms in total. The Morgan fingerprint density at radius 2 is 2.18 bits per heavy atom. The summed E-state index contributed by atoms with van der Waals surface area (Å²) in [6.07, 6.45) is 0.538. The van der Waals surface area contributed by atoms with Gasteiger partial charge in [0.05, 0.1) is 5.69 Å². The second-order valence-electron chi connectivity index (χ2n) is 4.55. The van der Waals surface area contributed by atoms with Crippen molar-refractivity contribution < 1.29 is 18.8 Å². The van der Waals surface area contributed by atoms with Crippen LogP contribution in [0.15, 0.2) is 28.8 Å². The molecule has 0 unspecified atom stereocenters. The van der Waals surface area contributed by atoms with Crippen molar-refractivity contribution in [2.75, 3.05) is 11.9 Å². The number of nitrogens with zero attached hydrogens (tertiary/aromatic N) is 1. The minimum Gasteiger partial charge on any atom is -0.452 e. The average Bonchev–Trinajstić information content (AvgIpc) is 2.86. The molecule has 0 spiro atoms. The minimum absolute atomic E-state index is 0.276. The number of ether oxygens (including phenoxy) is 1. The van der Waals surface area contributed by atoms with Crippen molar-refractivity contribution in [3.05, 3.63) is 46.3 Å². The summed E-state index contributed by atoms with van der Waals surface area (Å²) in [4.78, 5) is 23.8. The molecule has 0 saturated heterocycles. The Morgan fingerprint density at radius 1 is 1.41 bits per heavy atom. The standard InChI is InChI=1S/C15H15ClN2O4/c1-3-12-14(9(2)22-18-12)15(20)21-8-13(19)17-11-6-4-5-10(16)7-11/h4-7H,3,8H2,1-2H3,(H,17,19). The molecule has 0 saturated carbocycles. The third-order valence-electron chi connectivity index (χ3n) is 2.92. The van der Waals surface area contributed by atoms with E-state index in [9.17, 15) is 9.59 Å². The maximum absolute atomic E-state index is 12.0. The highest BCUT2D eigenvalue weighted by Gasteiger charge is 2.21. The zero-order valence-electron chi connectivity index (χ0n) is 12.2. The number of esters is 1. The van der Waals surface area contributed by atoms with Crippen molar-refractivity contribution in [2.24, 2.45) is 0 Å². The molecule has 2 aromatic rings. The van der Waals surface area contributed by atoms with E-state index in [1.54, 1.807) is 31.2 Å². The lowest BCUT2D eigenvalue weighted by Gasteiger charge is -2.07. The average molecular weight is 323 g/mol. The summed E-state index contributed by atoms with van der Waals surface area (Å²) in [6, 6.07) is 6.68. The van der Waals surface area contributed by atoms with Crippen molar-refractivity contribution in [1.82, 2.24) is 5.16 Å². The van der Waals surface area contributed by atoms with Crippen molar-refractivity contribution >= 4 is 29.2 Å². The Morgan fingerprint density at radius 3 is 2.86 bits per heavy atom. The van der Waals surface area contributed by atoms with Gasteiger partial charge in [-0.15, -0.1) is 0 Å². The molecule has 22 heavy (non-hydrogen) atoms. The number of carbonyl (C=O) groups is 2. The lowest BCUT2D eigenvalue weighted by molar-refractivity contribution is -0.119. The van der Waals surface area contributed by atoms with Gasteiger partial charge in [-0.1, -0.05) is 29.7 Å². The van der Waals surface area contributed by atoms with E-state index in [0.717, 1.165) is 0 Å². The molecule has 1 aromatic carbocycles. The van der Waals surface area contributed by atoms with Crippen LogP contribution in [0.4, 0.5) is 5.69 Å².